The molecule has 0 aromatic heterocycles. The van der Waals surface area contributed by atoms with Gasteiger partial charge in [0.1, 0.15) is 18.0 Å². The summed E-state index contributed by atoms with van der Waals surface area (Å²) in [5.74, 6) is -22.9. The number of carboxylic acid groups (broad SMARTS) is 1. The number of hydrogen-bond acceptors (Lipinski definition) is 7. The second-order valence-corrected chi connectivity index (χ2v) is 13.0. The van der Waals surface area contributed by atoms with Crippen molar-refractivity contribution >= 4 is 58.5 Å². The van der Waals surface area contributed by atoms with Gasteiger partial charge in [-0.2, -0.15) is 0 Å². The van der Waals surface area contributed by atoms with Gasteiger partial charge in [-0.25, -0.2) is 26.9 Å². The number of ether oxygens (including phenoxy) is 1. The maximum atomic E-state index is 15.1. The number of imide groups is 2. The zero-order valence-electron chi connectivity index (χ0n) is 24.3. The molecule has 0 spiro atoms. The Hall–Kier alpha value is -4.08. The maximum Gasteiger partial charge on any atom is 0.305 e. The molecule has 0 unspecified atom stereocenters. The monoisotopic (exact) mass is 716 g/mol. The molecular weight excluding hydrogens is 694 g/mol. The first kappa shape index (κ1) is 33.8. The molecule has 2 aromatic rings. The van der Waals surface area contributed by atoms with E-state index in [1.807, 2.05) is 0 Å². The lowest BCUT2D eigenvalue weighted by molar-refractivity contribution is -0.142. The highest BCUT2D eigenvalue weighted by Crippen LogP contribution is 2.66. The molecule has 17 heteroatoms. The molecule has 2 aliphatic heterocycles. The van der Waals surface area contributed by atoms with Crippen LogP contribution in [0.25, 0.3) is 0 Å². The summed E-state index contributed by atoms with van der Waals surface area (Å²) in [4.78, 5) is 61.7. The van der Waals surface area contributed by atoms with Gasteiger partial charge >= 0.3 is 5.97 Å². The Labute approximate surface area is 277 Å². The van der Waals surface area contributed by atoms with Crippen molar-refractivity contribution in [3.05, 3.63) is 70.6 Å². The van der Waals surface area contributed by atoms with Gasteiger partial charge in [0.15, 0.2) is 33.0 Å². The summed E-state index contributed by atoms with van der Waals surface area (Å²) in [6.07, 6.45) is 0.216. The van der Waals surface area contributed by atoms with Crippen LogP contribution in [-0.4, -0.2) is 74.2 Å². The van der Waals surface area contributed by atoms with Gasteiger partial charge in [-0.1, -0.05) is 23.8 Å². The topological polar surface area (TPSA) is 142 Å². The van der Waals surface area contributed by atoms with Gasteiger partial charge in [0.2, 0.25) is 17.6 Å². The summed E-state index contributed by atoms with van der Waals surface area (Å²) in [5.41, 5.74) is -1.47. The molecule has 4 aliphatic rings. The zero-order valence-corrected chi connectivity index (χ0v) is 25.8. The van der Waals surface area contributed by atoms with Crippen molar-refractivity contribution in [2.45, 2.75) is 34.9 Å². The Balaban J connectivity index is 1.53. The molecule has 2 saturated heterocycles. The number of halogens is 7. The Bertz CT molecular complexity index is 1800. The lowest BCUT2D eigenvalue weighted by atomic mass is 9.56. The lowest BCUT2D eigenvalue weighted by Gasteiger charge is -2.50. The second kappa shape index (κ2) is 11.8. The molecule has 2 aromatic carbocycles. The normalized spacial score (nSPS) is 29.5. The quantitative estimate of drug-likeness (QED) is 0.105. The largest absolute Gasteiger partial charge is 0.491 e. The fraction of sp³-hybridized carbons (Fsp3) is 0.387. The third-order valence-corrected chi connectivity index (χ3v) is 10.8. The molecule has 0 bridgehead atoms. The SMILES string of the molecule is O=C(O)CCN1C(=O)[C@H]2[C@H](CC=C3[C@H]2C[C@@]2(Cl)C(=O)N(c4c(F)c(F)c(F)c(F)c4F)C(=O)[C@@]2(Cl)[C@H]3c2ccc(OCCO)cc2)C1=O. The molecule has 0 radical (unpaired) electrons. The third kappa shape index (κ3) is 4.57. The maximum absolute atomic E-state index is 15.1. The number of nitrogens with zero attached hydrogens (tertiary/aromatic N) is 2. The number of aliphatic hydroxyl groups is 1. The second-order valence-electron chi connectivity index (χ2n) is 11.8. The van der Waals surface area contributed by atoms with Crippen LogP contribution in [0.3, 0.4) is 0 Å². The summed E-state index contributed by atoms with van der Waals surface area (Å²) in [7, 11) is 0. The van der Waals surface area contributed by atoms with E-state index in [0.29, 0.717) is 0 Å². The highest BCUT2D eigenvalue weighted by molar-refractivity contribution is 6.58. The van der Waals surface area contributed by atoms with E-state index in [2.05, 4.69) is 0 Å². The first-order chi connectivity index (χ1) is 22.6. The predicted molar refractivity (Wildman–Crippen MR) is 154 cm³/mol. The molecule has 1 saturated carbocycles. The number of carboxylic acids is 1. The van der Waals surface area contributed by atoms with Crippen LogP contribution in [0.2, 0.25) is 0 Å². The molecule has 10 nitrogen and oxygen atoms in total. The first-order valence-electron chi connectivity index (χ1n) is 14.5. The molecule has 2 heterocycles. The molecule has 2 N–H and O–H groups in total. The Morgan fingerprint density at radius 2 is 1.50 bits per heavy atom. The van der Waals surface area contributed by atoms with Gasteiger partial charge in [-0.05, 0) is 36.5 Å². The van der Waals surface area contributed by atoms with E-state index >= 15 is 8.78 Å². The number of fused-ring (bicyclic) bond motifs is 4. The first-order valence-corrected chi connectivity index (χ1v) is 15.3. The molecular formula is C31H23Cl2F5N2O8. The average Bonchev–Trinajstić information content (AvgIpc) is 3.39. The van der Waals surface area contributed by atoms with Crippen molar-refractivity contribution in [1.82, 2.24) is 4.90 Å². The van der Waals surface area contributed by atoms with E-state index in [1.165, 1.54) is 30.3 Å². The van der Waals surface area contributed by atoms with Gasteiger partial charge in [0.25, 0.3) is 11.8 Å². The zero-order chi connectivity index (χ0) is 35.0. The number of allylic oxidation sites excluding steroid dienone is 2. The lowest BCUT2D eigenvalue weighted by Crippen LogP contribution is -2.60. The summed E-state index contributed by atoms with van der Waals surface area (Å²) in [6, 6.07) is 5.65. The van der Waals surface area contributed by atoms with Crippen molar-refractivity contribution in [1.29, 1.82) is 0 Å². The fourth-order valence-corrected chi connectivity index (χ4v) is 8.29. The van der Waals surface area contributed by atoms with Gasteiger partial charge in [0.05, 0.1) is 24.9 Å². The number of aliphatic hydroxyl groups excluding tert-OH is 1. The number of anilines is 1. The number of carbonyl (C=O) groups excluding carboxylic acids is 4. The van der Waals surface area contributed by atoms with Crippen LogP contribution in [-0.2, 0) is 24.0 Å². The van der Waals surface area contributed by atoms with E-state index in [-0.39, 0.29) is 41.4 Å². The van der Waals surface area contributed by atoms with E-state index in [0.717, 1.165) is 4.90 Å². The number of benzene rings is 2. The minimum atomic E-state index is -2.68. The van der Waals surface area contributed by atoms with Gasteiger partial charge < -0.3 is 14.9 Å². The van der Waals surface area contributed by atoms with Crippen LogP contribution < -0.4 is 9.64 Å². The minimum absolute atomic E-state index is 0.0788. The minimum Gasteiger partial charge on any atom is -0.491 e. The number of hydrogen-bond donors (Lipinski definition) is 2. The molecule has 6 rings (SSSR count). The van der Waals surface area contributed by atoms with Crippen LogP contribution in [0.1, 0.15) is 30.7 Å². The number of amides is 4. The Morgan fingerprint density at radius 1 is 0.896 bits per heavy atom. The molecule has 2 aliphatic carbocycles. The molecule has 48 heavy (non-hydrogen) atoms. The number of alkyl halides is 2. The smallest absolute Gasteiger partial charge is 0.305 e. The standard InChI is InChI=1S/C31H23Cl2F5N2O8/c32-30-11-16-14(5-6-15-18(16)27(45)39(26(15)44)8-7-17(42)43)19(12-1-3-13(4-2-12)48-10-9-41)31(30,33)29(47)40(28(30)46)25-23(37)21(35)20(34)22(36)24(25)38/h1-5,15-16,18-19,41H,6-11H2,(H,42,43)/t15-,16+,18-,19-,30+,31-/m0/s1. The highest BCUT2D eigenvalue weighted by Gasteiger charge is 2.77. The Morgan fingerprint density at radius 3 is 2.08 bits per heavy atom. The Kier molecular flexibility index (Phi) is 8.32. The number of aliphatic carboxylic acids is 1. The van der Waals surface area contributed by atoms with E-state index in [4.69, 9.17) is 38.2 Å². The number of carbonyl (C=O) groups is 5. The molecule has 4 amide bonds. The summed E-state index contributed by atoms with van der Waals surface area (Å²) >= 11 is 14.1. The summed E-state index contributed by atoms with van der Waals surface area (Å²) < 4.78 is 78.2. The van der Waals surface area contributed by atoms with Crippen molar-refractivity contribution < 1.29 is 60.9 Å². The van der Waals surface area contributed by atoms with Gasteiger partial charge in [0, 0.05) is 12.5 Å². The summed E-state index contributed by atoms with van der Waals surface area (Å²) in [6.45, 7) is -0.846. The number of likely N-dealkylation sites (tertiary alicyclic amines) is 1. The van der Waals surface area contributed by atoms with Crippen molar-refractivity contribution in [3.8, 4) is 5.75 Å². The van der Waals surface area contributed by atoms with E-state index < -0.39 is 117 Å². The van der Waals surface area contributed by atoms with Crippen LogP contribution in [0.5, 0.6) is 5.75 Å². The molecule has 6 atom stereocenters. The van der Waals surface area contributed by atoms with Crippen LogP contribution in [0.4, 0.5) is 27.6 Å². The fourth-order valence-electron chi connectivity index (χ4n) is 7.35. The molecule has 3 fully saturated rings. The van der Waals surface area contributed by atoms with Crippen molar-refractivity contribution in [2.24, 2.45) is 17.8 Å². The van der Waals surface area contributed by atoms with Gasteiger partial charge in [-0.15, -0.1) is 23.2 Å². The van der Waals surface area contributed by atoms with Gasteiger partial charge in [-0.3, -0.25) is 28.9 Å². The third-order valence-electron chi connectivity index (χ3n) is 9.44. The van der Waals surface area contributed by atoms with Crippen LogP contribution in [0.15, 0.2) is 35.9 Å². The van der Waals surface area contributed by atoms with Crippen LogP contribution >= 0.6 is 23.2 Å². The molecule has 254 valence electrons. The van der Waals surface area contributed by atoms with E-state index in [9.17, 15) is 37.1 Å². The highest BCUT2D eigenvalue weighted by atomic mass is 35.5. The van der Waals surface area contributed by atoms with Crippen LogP contribution in [0, 0.1) is 46.8 Å². The predicted octanol–water partition coefficient (Wildman–Crippen LogP) is 3.79. The van der Waals surface area contributed by atoms with Crippen molar-refractivity contribution in [3.63, 3.8) is 0 Å². The van der Waals surface area contributed by atoms with Crippen molar-refractivity contribution in [2.75, 3.05) is 24.7 Å². The average molecular weight is 717 g/mol. The summed E-state index contributed by atoms with van der Waals surface area (Å²) in [5, 5.41) is 18.2. The number of rotatable bonds is 8. The van der Waals surface area contributed by atoms with E-state index in [1.54, 1.807) is 0 Å².